The molecule has 1 N–H and O–H groups in total. The molecule has 4 rings (SSSR count). The van der Waals surface area contributed by atoms with Gasteiger partial charge in [-0.25, -0.2) is 13.4 Å². The number of benzene rings is 2. The van der Waals surface area contributed by atoms with Crippen LogP contribution >= 0.6 is 0 Å². The van der Waals surface area contributed by atoms with E-state index in [9.17, 15) is 12.8 Å². The molecule has 8 heteroatoms. The molecule has 1 unspecified atom stereocenters. The van der Waals surface area contributed by atoms with E-state index in [0.717, 1.165) is 35.3 Å². The molecule has 2 aromatic carbocycles. The Hall–Kier alpha value is -2.71. The van der Waals surface area contributed by atoms with E-state index < -0.39 is 10.0 Å². The summed E-state index contributed by atoms with van der Waals surface area (Å²) in [4.78, 5) is 10.0. The van der Waals surface area contributed by atoms with E-state index in [2.05, 4.69) is 27.9 Å². The molecule has 6 nitrogen and oxygen atoms in total. The number of halogens is 1. The van der Waals surface area contributed by atoms with Gasteiger partial charge in [0.05, 0.1) is 30.6 Å². The number of fused-ring (bicyclic) bond motifs is 1. The minimum Gasteiger partial charge on any atom is -0.361 e. The number of aromatic nitrogens is 2. The molecule has 3 aromatic rings. The average molecular weight is 461 g/mol. The number of aryl methyl sites for hydroxylation is 1. The van der Waals surface area contributed by atoms with Gasteiger partial charge in [0.2, 0.25) is 10.0 Å². The van der Waals surface area contributed by atoms with E-state index in [0.29, 0.717) is 31.7 Å². The van der Waals surface area contributed by atoms with Crippen molar-refractivity contribution in [2.24, 2.45) is 0 Å². The maximum Gasteiger partial charge on any atom is 0.243 e. The first-order chi connectivity index (χ1) is 15.5. The molecule has 1 aromatic heterocycles. The summed E-state index contributed by atoms with van der Waals surface area (Å²) in [7, 11) is -3.10. The maximum atomic E-state index is 13.6. The summed E-state index contributed by atoms with van der Waals surface area (Å²) >= 11 is 0. The third-order valence-electron chi connectivity index (χ3n) is 5.65. The average Bonchev–Trinajstić information content (AvgIpc) is 3.26. The number of H-pyrrole nitrogens is 1. The molecule has 0 bridgehead atoms. The molecule has 2 heterocycles. The molecular formula is C24H33FN4O2S. The zero-order valence-electron chi connectivity index (χ0n) is 18.8. The maximum absolute atomic E-state index is 13.6. The van der Waals surface area contributed by atoms with E-state index in [1.807, 2.05) is 43.5 Å². The highest BCUT2D eigenvalue weighted by Crippen LogP contribution is 2.33. The Bertz CT molecular complexity index is 1110. The lowest BCUT2D eigenvalue weighted by molar-refractivity contribution is 0.369. The predicted octanol–water partition coefficient (Wildman–Crippen LogP) is 4.93. The highest BCUT2D eigenvalue weighted by Gasteiger charge is 2.34. The van der Waals surface area contributed by atoms with Gasteiger partial charge in [-0.3, -0.25) is 4.39 Å². The number of hydrogen-bond acceptors (Lipinski definition) is 4. The highest BCUT2D eigenvalue weighted by molar-refractivity contribution is 7.89. The molecule has 1 atom stereocenters. The van der Waals surface area contributed by atoms with Gasteiger partial charge in [-0.1, -0.05) is 43.7 Å². The number of imidazole rings is 1. The molecule has 1 aliphatic rings. The zero-order chi connectivity index (χ0) is 23.1. The van der Waals surface area contributed by atoms with Gasteiger partial charge in [0.1, 0.15) is 0 Å². The van der Waals surface area contributed by atoms with Crippen LogP contribution in [0, 0.1) is 6.92 Å². The molecule has 1 aliphatic heterocycles. The predicted molar refractivity (Wildman–Crippen MR) is 128 cm³/mol. The molecular weight excluding hydrogens is 427 g/mol. The van der Waals surface area contributed by atoms with E-state index in [-0.39, 0.29) is 7.47 Å². The fourth-order valence-electron chi connectivity index (χ4n) is 4.17. The zero-order valence-corrected chi connectivity index (χ0v) is 19.6. The third-order valence-corrected chi connectivity index (χ3v) is 7.46. The van der Waals surface area contributed by atoms with Gasteiger partial charge in [0, 0.05) is 32.4 Å². The van der Waals surface area contributed by atoms with Gasteiger partial charge in [-0.05, 0) is 42.7 Å². The standard InChI is InChI=1S/C23H28N4O2S.CH3F.H2/c1-3-7-21-16-26(30(28,29)22-10-6-8-18(2)12-22)14-19-9-4-5-11-23(19)27(21)15-20-13-24-17-25-20;1-2;/h4-6,8-13,17,21H,3,7,14-16H2,1-2H3,(H,24,25);1H3;1H. The van der Waals surface area contributed by atoms with Crippen molar-refractivity contribution >= 4 is 15.7 Å². The fourth-order valence-corrected chi connectivity index (χ4v) is 5.73. The lowest BCUT2D eigenvalue weighted by atomic mass is 10.1. The van der Waals surface area contributed by atoms with Crippen molar-refractivity contribution < 1.29 is 14.2 Å². The van der Waals surface area contributed by atoms with Crippen molar-refractivity contribution in [3.8, 4) is 0 Å². The molecule has 0 radical (unpaired) electrons. The van der Waals surface area contributed by atoms with Crippen LogP contribution in [0.3, 0.4) is 0 Å². The van der Waals surface area contributed by atoms with Crippen LogP contribution in [-0.4, -0.2) is 42.5 Å². The second kappa shape index (κ2) is 10.7. The Labute approximate surface area is 191 Å². The van der Waals surface area contributed by atoms with Gasteiger partial charge in [-0.15, -0.1) is 0 Å². The topological polar surface area (TPSA) is 69.3 Å². The summed E-state index contributed by atoms with van der Waals surface area (Å²) in [6.45, 7) is 5.55. The van der Waals surface area contributed by atoms with E-state index in [4.69, 9.17) is 0 Å². The molecule has 32 heavy (non-hydrogen) atoms. The molecule has 0 spiro atoms. The van der Waals surface area contributed by atoms with Crippen LogP contribution in [0.2, 0.25) is 0 Å². The number of hydrogen-bond donors (Lipinski definition) is 1. The Morgan fingerprint density at radius 2 is 1.97 bits per heavy atom. The first kappa shape index (κ1) is 23.9. The Morgan fingerprint density at radius 3 is 2.66 bits per heavy atom. The van der Waals surface area contributed by atoms with Gasteiger partial charge < -0.3 is 9.88 Å². The summed E-state index contributed by atoms with van der Waals surface area (Å²) in [6, 6.07) is 15.4. The first-order valence-electron chi connectivity index (χ1n) is 10.8. The van der Waals surface area contributed by atoms with Crippen LogP contribution in [0.25, 0.3) is 0 Å². The molecule has 0 fully saturated rings. The normalized spacial score (nSPS) is 16.6. The molecule has 0 aliphatic carbocycles. The first-order valence-corrected chi connectivity index (χ1v) is 12.2. The minimum atomic E-state index is -3.60. The summed E-state index contributed by atoms with van der Waals surface area (Å²) in [5, 5.41) is 0. The number of para-hydroxylation sites is 1. The fraction of sp³-hybridized carbons (Fsp3) is 0.375. The summed E-state index contributed by atoms with van der Waals surface area (Å²) < 4.78 is 38.3. The number of nitrogens with zero attached hydrogens (tertiary/aromatic N) is 3. The van der Waals surface area contributed by atoms with Gasteiger partial charge in [0.15, 0.2) is 0 Å². The van der Waals surface area contributed by atoms with Gasteiger partial charge >= 0.3 is 0 Å². The Kier molecular flexibility index (Phi) is 8.04. The van der Waals surface area contributed by atoms with Gasteiger partial charge in [0.25, 0.3) is 0 Å². The minimum absolute atomic E-state index is 0. The van der Waals surface area contributed by atoms with Crippen molar-refractivity contribution in [1.82, 2.24) is 14.3 Å². The van der Waals surface area contributed by atoms with E-state index >= 15 is 0 Å². The molecule has 0 amide bonds. The van der Waals surface area contributed by atoms with Crippen LogP contribution in [0.15, 0.2) is 66.0 Å². The lowest BCUT2D eigenvalue weighted by Crippen LogP contribution is -2.43. The smallest absolute Gasteiger partial charge is 0.243 e. The second-order valence-electron chi connectivity index (χ2n) is 7.89. The largest absolute Gasteiger partial charge is 0.361 e. The summed E-state index contributed by atoms with van der Waals surface area (Å²) in [5.74, 6) is 0. The van der Waals surface area contributed by atoms with Crippen LogP contribution in [0.5, 0.6) is 0 Å². The monoisotopic (exact) mass is 460 g/mol. The van der Waals surface area contributed by atoms with Crippen LogP contribution in [0.1, 0.15) is 38.0 Å². The van der Waals surface area contributed by atoms with Crippen molar-refractivity contribution in [2.75, 3.05) is 18.6 Å². The summed E-state index contributed by atoms with van der Waals surface area (Å²) in [6.07, 6.45) is 5.40. The van der Waals surface area contributed by atoms with Crippen molar-refractivity contribution in [3.05, 3.63) is 77.9 Å². The van der Waals surface area contributed by atoms with Crippen molar-refractivity contribution in [1.29, 1.82) is 0 Å². The number of alkyl halides is 1. The second-order valence-corrected chi connectivity index (χ2v) is 9.83. The number of anilines is 1. The number of aromatic amines is 1. The Morgan fingerprint density at radius 1 is 1.19 bits per heavy atom. The van der Waals surface area contributed by atoms with Crippen LogP contribution < -0.4 is 4.90 Å². The lowest BCUT2D eigenvalue weighted by Gasteiger charge is -2.33. The summed E-state index contributed by atoms with van der Waals surface area (Å²) in [5.41, 5.74) is 4.07. The number of sulfonamides is 1. The number of nitrogens with one attached hydrogen (secondary N) is 1. The van der Waals surface area contributed by atoms with Gasteiger partial charge in [-0.2, -0.15) is 4.31 Å². The molecule has 174 valence electrons. The SMILES string of the molecule is CCCC1CN(S(=O)(=O)c2cccc(C)c2)Cc2ccccc2N1Cc1cnc[nH]1.CF.[HH]. The molecule has 0 saturated carbocycles. The van der Waals surface area contributed by atoms with Crippen LogP contribution in [0.4, 0.5) is 10.1 Å². The van der Waals surface area contributed by atoms with Crippen molar-refractivity contribution in [3.63, 3.8) is 0 Å². The number of rotatable bonds is 6. The van der Waals surface area contributed by atoms with Crippen LogP contribution in [-0.2, 0) is 23.1 Å². The van der Waals surface area contributed by atoms with Crippen molar-refractivity contribution in [2.45, 2.75) is 50.7 Å². The van der Waals surface area contributed by atoms with E-state index in [1.54, 1.807) is 22.8 Å². The Balaban J connectivity index is 0.00000125. The molecule has 0 saturated heterocycles. The van der Waals surface area contributed by atoms with E-state index in [1.165, 1.54) is 0 Å². The third kappa shape index (κ3) is 5.19. The highest BCUT2D eigenvalue weighted by atomic mass is 32.2. The quantitative estimate of drug-likeness (QED) is 0.566.